The molecule has 1 aromatic carbocycles. The van der Waals surface area contributed by atoms with Crippen molar-refractivity contribution in [3.8, 4) is 23.1 Å². The molecule has 3 rings (SSSR count). The molecule has 6 heteroatoms. The molecule has 0 saturated heterocycles. The minimum Gasteiger partial charge on any atom is -0.465 e. The highest BCUT2D eigenvalue weighted by Crippen LogP contribution is 2.36. The molecular weight excluding hydrogens is 286 g/mol. The topological polar surface area (TPSA) is 66.9 Å². The van der Waals surface area contributed by atoms with E-state index in [0.29, 0.717) is 40.8 Å². The number of fused-ring (bicyclic) bond motifs is 1. The van der Waals surface area contributed by atoms with Gasteiger partial charge in [0.15, 0.2) is 11.5 Å². The molecule has 0 atom stereocenters. The summed E-state index contributed by atoms with van der Waals surface area (Å²) in [6, 6.07) is 8.58. The van der Waals surface area contributed by atoms with Crippen LogP contribution in [0.3, 0.4) is 0 Å². The molecule has 114 valence electrons. The molecule has 0 N–H and O–H groups in total. The quantitative estimate of drug-likeness (QED) is 0.809. The van der Waals surface area contributed by atoms with E-state index in [4.69, 9.17) is 18.9 Å². The fourth-order valence-electron chi connectivity index (χ4n) is 2.16. The Hall–Kier alpha value is -2.76. The van der Waals surface area contributed by atoms with Gasteiger partial charge in [-0.2, -0.15) is 0 Å². The molecule has 0 aliphatic carbocycles. The number of benzene rings is 1. The highest BCUT2D eigenvalue weighted by Gasteiger charge is 2.16. The summed E-state index contributed by atoms with van der Waals surface area (Å²) in [4.78, 5) is 16.0. The van der Waals surface area contributed by atoms with Gasteiger partial charge in [0.05, 0.1) is 18.4 Å². The van der Waals surface area contributed by atoms with E-state index in [1.807, 2.05) is 6.92 Å². The van der Waals surface area contributed by atoms with Gasteiger partial charge in [-0.05, 0) is 24.6 Å². The third-order valence-corrected chi connectivity index (χ3v) is 3.26. The van der Waals surface area contributed by atoms with Crippen LogP contribution in [0.1, 0.15) is 23.0 Å². The Bertz CT molecular complexity index is 714. The van der Waals surface area contributed by atoms with Gasteiger partial charge in [-0.15, -0.1) is 0 Å². The van der Waals surface area contributed by atoms with Gasteiger partial charge in [0.25, 0.3) is 0 Å². The number of hydrogen-bond donors (Lipinski definition) is 0. The van der Waals surface area contributed by atoms with Crippen LogP contribution in [0.2, 0.25) is 0 Å². The normalized spacial score (nSPS) is 12.1. The van der Waals surface area contributed by atoms with Crippen LogP contribution in [0, 0.1) is 0 Å². The van der Waals surface area contributed by atoms with Crippen LogP contribution >= 0.6 is 0 Å². The SMILES string of the molecule is CCc1nc(Oc2ccc3c(c2)OCO3)ccc1C(=O)OC. The molecule has 0 radical (unpaired) electrons. The molecule has 1 aliphatic heterocycles. The lowest BCUT2D eigenvalue weighted by atomic mass is 10.1. The van der Waals surface area contributed by atoms with E-state index in [0.717, 1.165) is 0 Å². The lowest BCUT2D eigenvalue weighted by molar-refractivity contribution is 0.0599. The fraction of sp³-hybridized carbons (Fsp3) is 0.250. The minimum atomic E-state index is -0.404. The Morgan fingerprint density at radius 2 is 2.05 bits per heavy atom. The molecule has 22 heavy (non-hydrogen) atoms. The molecule has 1 aromatic heterocycles. The van der Waals surface area contributed by atoms with Crippen LogP contribution < -0.4 is 14.2 Å². The summed E-state index contributed by atoms with van der Waals surface area (Å²) in [5.41, 5.74) is 1.08. The number of aromatic nitrogens is 1. The second-order valence-corrected chi connectivity index (χ2v) is 4.61. The maximum atomic E-state index is 11.7. The second kappa shape index (κ2) is 5.93. The highest BCUT2D eigenvalue weighted by molar-refractivity contribution is 5.90. The van der Waals surface area contributed by atoms with E-state index in [2.05, 4.69) is 4.98 Å². The van der Waals surface area contributed by atoms with Gasteiger partial charge < -0.3 is 18.9 Å². The highest BCUT2D eigenvalue weighted by atomic mass is 16.7. The van der Waals surface area contributed by atoms with E-state index in [9.17, 15) is 4.79 Å². The Morgan fingerprint density at radius 1 is 1.23 bits per heavy atom. The van der Waals surface area contributed by atoms with Crippen LogP contribution in [-0.4, -0.2) is 24.9 Å². The molecule has 6 nitrogen and oxygen atoms in total. The van der Waals surface area contributed by atoms with Gasteiger partial charge in [0, 0.05) is 12.1 Å². The van der Waals surface area contributed by atoms with Gasteiger partial charge in [-0.25, -0.2) is 9.78 Å². The van der Waals surface area contributed by atoms with Crippen LogP contribution in [0.5, 0.6) is 23.1 Å². The average molecular weight is 301 g/mol. The number of pyridine rings is 1. The molecule has 0 unspecified atom stereocenters. The lowest BCUT2D eigenvalue weighted by Crippen LogP contribution is -2.07. The summed E-state index contributed by atoms with van der Waals surface area (Å²) in [6.07, 6.45) is 0.600. The smallest absolute Gasteiger partial charge is 0.339 e. The fourth-order valence-corrected chi connectivity index (χ4v) is 2.16. The summed E-state index contributed by atoms with van der Waals surface area (Å²) >= 11 is 0. The molecule has 2 heterocycles. The van der Waals surface area contributed by atoms with Gasteiger partial charge >= 0.3 is 5.97 Å². The van der Waals surface area contributed by atoms with Crippen molar-refractivity contribution >= 4 is 5.97 Å². The predicted octanol–water partition coefficient (Wildman–Crippen LogP) is 2.95. The lowest BCUT2D eigenvalue weighted by Gasteiger charge is -2.09. The molecule has 2 aromatic rings. The number of methoxy groups -OCH3 is 1. The van der Waals surface area contributed by atoms with Gasteiger partial charge in [-0.1, -0.05) is 6.92 Å². The number of carbonyl (C=O) groups excluding carboxylic acids is 1. The number of ether oxygens (including phenoxy) is 4. The van der Waals surface area contributed by atoms with Gasteiger partial charge in [-0.3, -0.25) is 0 Å². The zero-order valence-electron chi connectivity index (χ0n) is 12.3. The van der Waals surface area contributed by atoms with E-state index in [1.54, 1.807) is 30.3 Å². The molecule has 0 saturated carbocycles. The Kier molecular flexibility index (Phi) is 3.82. The van der Waals surface area contributed by atoms with E-state index in [1.165, 1.54) is 7.11 Å². The van der Waals surface area contributed by atoms with Crippen LogP contribution in [0.25, 0.3) is 0 Å². The Balaban J connectivity index is 1.85. The zero-order valence-corrected chi connectivity index (χ0v) is 12.3. The van der Waals surface area contributed by atoms with E-state index < -0.39 is 5.97 Å². The predicted molar refractivity (Wildman–Crippen MR) is 77.6 cm³/mol. The number of carbonyl (C=O) groups is 1. The van der Waals surface area contributed by atoms with Crippen molar-refractivity contribution in [2.45, 2.75) is 13.3 Å². The molecule has 0 fully saturated rings. The summed E-state index contributed by atoms with van der Waals surface area (Å²) in [5, 5.41) is 0. The second-order valence-electron chi connectivity index (χ2n) is 4.61. The van der Waals surface area contributed by atoms with E-state index >= 15 is 0 Å². The monoisotopic (exact) mass is 301 g/mol. The maximum absolute atomic E-state index is 11.7. The van der Waals surface area contributed by atoms with Crippen molar-refractivity contribution < 1.29 is 23.7 Å². The number of rotatable bonds is 4. The third-order valence-electron chi connectivity index (χ3n) is 3.26. The molecule has 0 spiro atoms. The third kappa shape index (κ3) is 2.67. The maximum Gasteiger partial charge on any atom is 0.339 e. The molecule has 0 amide bonds. The van der Waals surface area contributed by atoms with E-state index in [-0.39, 0.29) is 6.79 Å². The average Bonchev–Trinajstić information content (AvgIpc) is 3.01. The van der Waals surface area contributed by atoms with Crippen molar-refractivity contribution in [3.05, 3.63) is 41.6 Å². The van der Waals surface area contributed by atoms with Gasteiger partial charge in [0.2, 0.25) is 12.7 Å². The standard InChI is InChI=1S/C16H15NO5/c1-3-12-11(16(18)19-2)5-7-15(17-12)22-10-4-6-13-14(8-10)21-9-20-13/h4-8H,3,9H2,1-2H3. The van der Waals surface area contributed by atoms with Crippen molar-refractivity contribution in [3.63, 3.8) is 0 Å². The van der Waals surface area contributed by atoms with Crippen LogP contribution in [0.4, 0.5) is 0 Å². The van der Waals surface area contributed by atoms with Gasteiger partial charge in [0.1, 0.15) is 5.75 Å². The van der Waals surface area contributed by atoms with Crippen molar-refractivity contribution in [2.75, 3.05) is 13.9 Å². The van der Waals surface area contributed by atoms with Crippen LogP contribution in [0.15, 0.2) is 30.3 Å². The largest absolute Gasteiger partial charge is 0.465 e. The molecule has 1 aliphatic rings. The molecule has 0 bridgehead atoms. The van der Waals surface area contributed by atoms with Crippen LogP contribution in [-0.2, 0) is 11.2 Å². The summed E-state index contributed by atoms with van der Waals surface area (Å²) in [6.45, 7) is 2.13. The first-order valence-corrected chi connectivity index (χ1v) is 6.87. The summed E-state index contributed by atoms with van der Waals surface area (Å²) in [5.74, 6) is 1.92. The Morgan fingerprint density at radius 3 is 2.82 bits per heavy atom. The minimum absolute atomic E-state index is 0.213. The zero-order chi connectivity index (χ0) is 15.5. The Labute approximate surface area is 127 Å². The number of esters is 1. The van der Waals surface area contributed by atoms with Crippen molar-refractivity contribution in [2.24, 2.45) is 0 Å². The first kappa shape index (κ1) is 14.2. The number of nitrogens with zero attached hydrogens (tertiary/aromatic N) is 1. The molecular formula is C16H15NO5. The van der Waals surface area contributed by atoms with Crippen molar-refractivity contribution in [1.29, 1.82) is 0 Å². The first-order chi connectivity index (χ1) is 10.7. The number of aryl methyl sites for hydroxylation is 1. The first-order valence-electron chi connectivity index (χ1n) is 6.87. The van der Waals surface area contributed by atoms with Crippen molar-refractivity contribution in [1.82, 2.24) is 4.98 Å². The number of hydrogen-bond acceptors (Lipinski definition) is 6. The summed E-state index contributed by atoms with van der Waals surface area (Å²) in [7, 11) is 1.35. The summed E-state index contributed by atoms with van der Waals surface area (Å²) < 4.78 is 21.0.